The largest absolute Gasteiger partial charge is 0.506 e. The van der Waals surface area contributed by atoms with E-state index in [9.17, 15) is 9.90 Å². The zero-order chi connectivity index (χ0) is 18.1. The zero-order valence-electron chi connectivity index (χ0n) is 15.8. The summed E-state index contributed by atoms with van der Waals surface area (Å²) in [4.78, 5) is 15.8. The van der Waals surface area contributed by atoms with Crippen molar-refractivity contribution in [3.8, 4) is 5.75 Å². The lowest BCUT2D eigenvalue weighted by Gasteiger charge is -2.33. The Balaban J connectivity index is 1.70. The molecule has 0 unspecified atom stereocenters. The summed E-state index contributed by atoms with van der Waals surface area (Å²) in [5.41, 5.74) is 0.896. The summed E-state index contributed by atoms with van der Waals surface area (Å²) in [6.07, 6.45) is 4.80. The molecular formula is C20H34N3O2+. The zero-order valence-corrected chi connectivity index (χ0v) is 15.8. The molecule has 5 heteroatoms. The van der Waals surface area contributed by atoms with Gasteiger partial charge in [-0.2, -0.15) is 0 Å². The van der Waals surface area contributed by atoms with Crippen molar-refractivity contribution in [1.82, 2.24) is 5.32 Å². The van der Waals surface area contributed by atoms with Crippen molar-refractivity contribution >= 4 is 11.6 Å². The number of carbonyl (C=O) groups is 1. The van der Waals surface area contributed by atoms with Gasteiger partial charge in [-0.1, -0.05) is 45.2 Å². The third-order valence-corrected chi connectivity index (χ3v) is 5.23. The fourth-order valence-corrected chi connectivity index (χ4v) is 3.46. The highest BCUT2D eigenvalue weighted by Gasteiger charge is 2.23. The molecule has 1 aliphatic heterocycles. The molecule has 3 N–H and O–H groups in total. The topological polar surface area (TPSA) is 57.0 Å². The number of benzene rings is 1. The smallest absolute Gasteiger partial charge is 0.275 e. The van der Waals surface area contributed by atoms with Gasteiger partial charge in [0.05, 0.1) is 31.9 Å². The molecule has 1 aromatic carbocycles. The number of nitrogens with one attached hydrogen (secondary N) is 2. The minimum absolute atomic E-state index is 0.168. The number of hydrogen-bond acceptors (Lipinski definition) is 3. The highest BCUT2D eigenvalue weighted by molar-refractivity contribution is 5.76. The normalized spacial score (nSPS) is 16.6. The maximum atomic E-state index is 12.2. The molecule has 0 saturated carbocycles. The number of anilines is 1. The lowest BCUT2D eigenvalue weighted by atomic mass is 9.99. The predicted molar refractivity (Wildman–Crippen MR) is 102 cm³/mol. The van der Waals surface area contributed by atoms with E-state index in [0.29, 0.717) is 18.2 Å². The lowest BCUT2D eigenvalue weighted by molar-refractivity contribution is -0.892. The number of carbonyl (C=O) groups excluding carboxylic acids is 1. The number of phenolic OH excluding ortho intramolecular Hbond substituents is 1. The second-order valence-corrected chi connectivity index (χ2v) is 7.12. The Kier molecular flexibility index (Phi) is 8.06. The minimum Gasteiger partial charge on any atom is -0.506 e. The van der Waals surface area contributed by atoms with E-state index in [1.807, 2.05) is 18.2 Å². The number of phenols is 1. The molecule has 0 bridgehead atoms. The Labute approximate surface area is 152 Å². The molecule has 1 aromatic rings. The van der Waals surface area contributed by atoms with Gasteiger partial charge in [0.25, 0.3) is 5.91 Å². The van der Waals surface area contributed by atoms with Crippen LogP contribution in [0.1, 0.15) is 39.5 Å². The number of amides is 1. The van der Waals surface area contributed by atoms with Crippen molar-refractivity contribution in [3.05, 3.63) is 24.3 Å². The number of quaternary nitrogens is 1. The van der Waals surface area contributed by atoms with Crippen molar-refractivity contribution in [2.45, 2.75) is 39.5 Å². The molecule has 1 amide bonds. The number of rotatable bonds is 9. The standard InChI is InChI=1S/C20H33N3O2/c1-3-5-8-17(4-2)15-21-20(25)16-22-11-13-23(14-12-22)18-9-6-7-10-19(18)24/h6-7,9-10,17,24H,3-5,8,11-16H2,1-2H3,(H,21,25)/p+1/t17-/m1/s1. The SMILES string of the molecule is CCCC[C@@H](CC)CNC(=O)C[NH+]1CCN(c2ccccc2O)CC1. The first-order valence-electron chi connectivity index (χ1n) is 9.77. The number of hydrogen-bond donors (Lipinski definition) is 3. The van der Waals surface area contributed by atoms with E-state index >= 15 is 0 Å². The molecule has 1 aliphatic rings. The summed E-state index contributed by atoms with van der Waals surface area (Å²) in [5, 5.41) is 13.1. The van der Waals surface area contributed by atoms with Crippen LogP contribution in [-0.4, -0.2) is 50.3 Å². The number of unbranched alkanes of at least 4 members (excludes halogenated alkanes) is 1. The third-order valence-electron chi connectivity index (χ3n) is 5.23. The Hall–Kier alpha value is -1.75. The Morgan fingerprint density at radius 2 is 2.00 bits per heavy atom. The summed E-state index contributed by atoms with van der Waals surface area (Å²) in [7, 11) is 0. The summed E-state index contributed by atoms with van der Waals surface area (Å²) in [6, 6.07) is 7.47. The van der Waals surface area contributed by atoms with Gasteiger partial charge in [0.2, 0.25) is 0 Å². The molecule has 1 atom stereocenters. The van der Waals surface area contributed by atoms with Gasteiger partial charge in [0.15, 0.2) is 6.54 Å². The monoisotopic (exact) mass is 348 g/mol. The van der Waals surface area contributed by atoms with Crippen LogP contribution < -0.4 is 15.1 Å². The van der Waals surface area contributed by atoms with E-state index in [4.69, 9.17) is 0 Å². The van der Waals surface area contributed by atoms with Crippen molar-refractivity contribution < 1.29 is 14.8 Å². The molecule has 140 valence electrons. The van der Waals surface area contributed by atoms with E-state index < -0.39 is 0 Å². The summed E-state index contributed by atoms with van der Waals surface area (Å²) in [6.45, 7) is 9.37. The second-order valence-electron chi connectivity index (χ2n) is 7.12. The summed E-state index contributed by atoms with van der Waals surface area (Å²) in [5.74, 6) is 1.11. The fraction of sp³-hybridized carbons (Fsp3) is 0.650. The van der Waals surface area contributed by atoms with Gasteiger partial charge in [-0.05, 0) is 24.5 Å². The first kappa shape index (κ1) is 19.6. The first-order valence-corrected chi connectivity index (χ1v) is 9.77. The van der Waals surface area contributed by atoms with E-state index in [0.717, 1.165) is 44.8 Å². The Morgan fingerprint density at radius 3 is 2.64 bits per heavy atom. The molecule has 0 aliphatic carbocycles. The molecule has 1 saturated heterocycles. The molecule has 5 nitrogen and oxygen atoms in total. The molecular weight excluding hydrogens is 314 g/mol. The second kappa shape index (κ2) is 10.3. The fourth-order valence-electron chi connectivity index (χ4n) is 3.46. The van der Waals surface area contributed by atoms with E-state index in [-0.39, 0.29) is 5.91 Å². The number of aromatic hydroxyl groups is 1. The van der Waals surface area contributed by atoms with Crippen molar-refractivity contribution in [1.29, 1.82) is 0 Å². The van der Waals surface area contributed by atoms with E-state index in [1.54, 1.807) is 6.07 Å². The van der Waals surface area contributed by atoms with Crippen LogP contribution in [0.3, 0.4) is 0 Å². The van der Waals surface area contributed by atoms with Gasteiger partial charge in [-0.25, -0.2) is 0 Å². The van der Waals surface area contributed by atoms with Gasteiger partial charge < -0.3 is 20.2 Å². The van der Waals surface area contributed by atoms with Crippen LogP contribution in [0.4, 0.5) is 5.69 Å². The maximum absolute atomic E-state index is 12.2. The average Bonchev–Trinajstić information content (AvgIpc) is 2.63. The molecule has 0 radical (unpaired) electrons. The van der Waals surface area contributed by atoms with Gasteiger partial charge in [-0.3, -0.25) is 4.79 Å². The highest BCUT2D eigenvalue weighted by atomic mass is 16.3. The molecule has 25 heavy (non-hydrogen) atoms. The molecule has 2 rings (SSSR count). The minimum atomic E-state index is 0.168. The van der Waals surface area contributed by atoms with Crippen molar-refractivity contribution in [2.75, 3.05) is 44.2 Å². The lowest BCUT2D eigenvalue weighted by Crippen LogP contribution is -3.16. The molecule has 1 fully saturated rings. The first-order chi connectivity index (χ1) is 12.1. The molecule has 1 heterocycles. The van der Waals surface area contributed by atoms with Crippen LogP contribution in [0.25, 0.3) is 0 Å². The van der Waals surface area contributed by atoms with Gasteiger partial charge in [0, 0.05) is 6.54 Å². The average molecular weight is 349 g/mol. The van der Waals surface area contributed by atoms with Crippen LogP contribution in [-0.2, 0) is 4.79 Å². The van der Waals surface area contributed by atoms with Gasteiger partial charge in [0.1, 0.15) is 5.75 Å². The van der Waals surface area contributed by atoms with Gasteiger partial charge >= 0.3 is 0 Å². The number of piperazine rings is 1. The number of nitrogens with zero attached hydrogens (tertiary/aromatic N) is 1. The Bertz CT molecular complexity index is 527. The predicted octanol–water partition coefficient (Wildman–Crippen LogP) is 1.43. The molecule has 0 spiro atoms. The van der Waals surface area contributed by atoms with Crippen LogP contribution in [0.2, 0.25) is 0 Å². The van der Waals surface area contributed by atoms with E-state index in [2.05, 4.69) is 24.1 Å². The Morgan fingerprint density at radius 1 is 1.28 bits per heavy atom. The van der Waals surface area contributed by atoms with Crippen molar-refractivity contribution in [3.63, 3.8) is 0 Å². The van der Waals surface area contributed by atoms with Crippen LogP contribution in [0.5, 0.6) is 5.75 Å². The summed E-state index contributed by atoms with van der Waals surface area (Å²) >= 11 is 0. The van der Waals surface area contributed by atoms with Gasteiger partial charge in [-0.15, -0.1) is 0 Å². The van der Waals surface area contributed by atoms with Crippen molar-refractivity contribution in [2.24, 2.45) is 5.92 Å². The quantitative estimate of drug-likeness (QED) is 0.633. The third kappa shape index (κ3) is 6.24. The molecule has 0 aromatic heterocycles. The maximum Gasteiger partial charge on any atom is 0.275 e. The number of para-hydroxylation sites is 2. The van der Waals surface area contributed by atoms with Crippen LogP contribution in [0, 0.1) is 5.92 Å². The van der Waals surface area contributed by atoms with E-state index in [1.165, 1.54) is 24.2 Å². The summed E-state index contributed by atoms with van der Waals surface area (Å²) < 4.78 is 0. The highest BCUT2D eigenvalue weighted by Crippen LogP contribution is 2.25. The van der Waals surface area contributed by atoms with Crippen LogP contribution >= 0.6 is 0 Å². The van der Waals surface area contributed by atoms with Crippen LogP contribution in [0.15, 0.2) is 24.3 Å².